The van der Waals surface area contributed by atoms with Gasteiger partial charge in [0.05, 0.1) is 11.7 Å². The molecule has 0 amide bonds. The first kappa shape index (κ1) is 16.7. The van der Waals surface area contributed by atoms with Gasteiger partial charge in [-0.1, -0.05) is 84.9 Å². The van der Waals surface area contributed by atoms with Gasteiger partial charge < -0.3 is 5.41 Å². The van der Waals surface area contributed by atoms with Crippen LogP contribution in [0, 0.1) is 5.41 Å². The van der Waals surface area contributed by atoms with Gasteiger partial charge >= 0.3 is 0 Å². The highest BCUT2D eigenvalue weighted by molar-refractivity contribution is 6.04. The maximum atomic E-state index is 11.2. The summed E-state index contributed by atoms with van der Waals surface area (Å²) >= 11 is 0. The zero-order chi connectivity index (χ0) is 19.1. The van der Waals surface area contributed by atoms with Crippen molar-refractivity contribution in [2.45, 2.75) is 12.5 Å². The average Bonchev–Trinajstić information content (AvgIpc) is 2.74. The van der Waals surface area contributed by atoms with Crippen molar-refractivity contribution in [3.05, 3.63) is 102 Å². The molecule has 0 fully saturated rings. The van der Waals surface area contributed by atoms with Crippen LogP contribution in [0.3, 0.4) is 0 Å². The van der Waals surface area contributed by atoms with Gasteiger partial charge in [-0.25, -0.2) is 5.06 Å². The number of allylic oxidation sites excluding steroid dienone is 1. The SMILES string of the molecule is N=C1C=C(c2cccc3ccccc23)N(O)C(c2cccc3ccccc23)C1. The van der Waals surface area contributed by atoms with Gasteiger partial charge in [0.1, 0.15) is 0 Å². The first-order chi connectivity index (χ1) is 13.7. The molecule has 1 aliphatic heterocycles. The van der Waals surface area contributed by atoms with Gasteiger partial charge in [0.15, 0.2) is 0 Å². The highest BCUT2D eigenvalue weighted by Crippen LogP contribution is 2.39. The second kappa shape index (κ2) is 6.63. The molecule has 0 saturated heterocycles. The Morgan fingerprint density at radius 1 is 0.750 bits per heavy atom. The van der Waals surface area contributed by atoms with Crippen LogP contribution in [-0.4, -0.2) is 16.0 Å². The number of rotatable bonds is 2. The van der Waals surface area contributed by atoms with Crippen molar-refractivity contribution in [1.29, 1.82) is 5.41 Å². The van der Waals surface area contributed by atoms with E-state index in [1.54, 1.807) is 6.08 Å². The molecule has 2 N–H and O–H groups in total. The van der Waals surface area contributed by atoms with Crippen molar-refractivity contribution >= 4 is 33.0 Å². The molecule has 1 heterocycles. The minimum Gasteiger partial charge on any atom is -0.305 e. The van der Waals surface area contributed by atoms with Crippen LogP contribution in [0.5, 0.6) is 0 Å². The summed E-state index contributed by atoms with van der Waals surface area (Å²) in [4.78, 5) is 0. The van der Waals surface area contributed by atoms with E-state index in [4.69, 9.17) is 5.41 Å². The summed E-state index contributed by atoms with van der Waals surface area (Å²) in [6.07, 6.45) is 2.25. The van der Waals surface area contributed by atoms with Crippen LogP contribution in [0.2, 0.25) is 0 Å². The Morgan fingerprint density at radius 2 is 1.36 bits per heavy atom. The second-order valence-electron chi connectivity index (χ2n) is 7.21. The van der Waals surface area contributed by atoms with Crippen LogP contribution in [0.4, 0.5) is 0 Å². The van der Waals surface area contributed by atoms with Crippen molar-refractivity contribution in [3.8, 4) is 0 Å². The quantitative estimate of drug-likeness (QED) is 0.445. The predicted molar refractivity (Wildman–Crippen MR) is 115 cm³/mol. The molecule has 5 rings (SSSR count). The lowest BCUT2D eigenvalue weighted by Gasteiger charge is -2.34. The number of hydrogen-bond donors (Lipinski definition) is 2. The molecule has 0 radical (unpaired) electrons. The maximum absolute atomic E-state index is 11.2. The van der Waals surface area contributed by atoms with Crippen molar-refractivity contribution < 1.29 is 5.21 Å². The molecule has 1 aliphatic rings. The Morgan fingerprint density at radius 3 is 2.14 bits per heavy atom. The Labute approximate surface area is 163 Å². The molecule has 3 heteroatoms. The lowest BCUT2D eigenvalue weighted by Crippen LogP contribution is -2.30. The molecule has 4 aromatic rings. The summed E-state index contributed by atoms with van der Waals surface area (Å²) in [7, 11) is 0. The molecular weight excluding hydrogens is 344 g/mol. The van der Waals surface area contributed by atoms with Crippen LogP contribution in [0.15, 0.2) is 91.0 Å². The van der Waals surface area contributed by atoms with Gasteiger partial charge in [0, 0.05) is 17.7 Å². The van der Waals surface area contributed by atoms with E-state index in [2.05, 4.69) is 42.5 Å². The first-order valence-electron chi connectivity index (χ1n) is 9.45. The molecule has 0 aliphatic carbocycles. The number of hydroxylamine groups is 2. The molecule has 28 heavy (non-hydrogen) atoms. The summed E-state index contributed by atoms with van der Waals surface area (Å²) in [6.45, 7) is 0. The molecule has 0 spiro atoms. The largest absolute Gasteiger partial charge is 0.305 e. The topological polar surface area (TPSA) is 47.3 Å². The van der Waals surface area contributed by atoms with E-state index in [1.807, 2.05) is 42.5 Å². The standard InChI is InChI=1S/C25H20N2O/c26-19-15-24(22-13-5-9-17-7-1-3-11-20(17)22)27(28)25(16-19)23-14-6-10-18-8-2-4-12-21(18)23/h1-15,25-26,28H,16H2. The van der Waals surface area contributed by atoms with Crippen molar-refractivity contribution in [3.63, 3.8) is 0 Å². The highest BCUT2D eigenvalue weighted by Gasteiger charge is 2.29. The number of nitrogens with zero attached hydrogens (tertiary/aromatic N) is 1. The Kier molecular flexibility index (Phi) is 3.96. The Balaban J connectivity index is 1.66. The molecule has 1 unspecified atom stereocenters. The maximum Gasteiger partial charge on any atom is 0.0874 e. The Bertz CT molecular complexity index is 1230. The minimum absolute atomic E-state index is 0.294. The lowest BCUT2D eigenvalue weighted by molar-refractivity contribution is -0.0665. The molecule has 136 valence electrons. The van der Waals surface area contributed by atoms with Crippen LogP contribution in [0.1, 0.15) is 23.6 Å². The first-order valence-corrected chi connectivity index (χ1v) is 9.45. The van der Waals surface area contributed by atoms with Gasteiger partial charge in [-0.2, -0.15) is 0 Å². The lowest BCUT2D eigenvalue weighted by atomic mass is 9.90. The van der Waals surface area contributed by atoms with E-state index in [0.717, 1.165) is 32.7 Å². The van der Waals surface area contributed by atoms with Crippen LogP contribution in [-0.2, 0) is 0 Å². The summed E-state index contributed by atoms with van der Waals surface area (Å²) in [6, 6.07) is 28.3. The van der Waals surface area contributed by atoms with Gasteiger partial charge in [-0.05, 0) is 33.2 Å². The van der Waals surface area contributed by atoms with E-state index in [9.17, 15) is 5.21 Å². The smallest absolute Gasteiger partial charge is 0.0874 e. The van der Waals surface area contributed by atoms with Crippen LogP contribution in [0.25, 0.3) is 27.2 Å². The third-order valence-electron chi connectivity index (χ3n) is 5.51. The summed E-state index contributed by atoms with van der Waals surface area (Å²) in [5, 5.41) is 25.5. The van der Waals surface area contributed by atoms with E-state index in [-0.39, 0.29) is 6.04 Å². The summed E-state index contributed by atoms with van der Waals surface area (Å²) in [5.74, 6) is 0. The van der Waals surface area contributed by atoms with Gasteiger partial charge in [-0.3, -0.25) is 5.21 Å². The predicted octanol–water partition coefficient (Wildman–Crippen LogP) is 6.19. The molecule has 3 nitrogen and oxygen atoms in total. The molecule has 0 bridgehead atoms. The Hall–Kier alpha value is -3.43. The van der Waals surface area contributed by atoms with Crippen molar-refractivity contribution in [2.24, 2.45) is 0 Å². The second-order valence-corrected chi connectivity index (χ2v) is 7.21. The third-order valence-corrected chi connectivity index (χ3v) is 5.51. The average molecular weight is 364 g/mol. The zero-order valence-electron chi connectivity index (χ0n) is 15.3. The molecular formula is C25H20N2O. The minimum atomic E-state index is -0.294. The van der Waals surface area contributed by atoms with E-state index >= 15 is 0 Å². The molecule has 0 saturated carbocycles. The zero-order valence-corrected chi connectivity index (χ0v) is 15.3. The molecule has 4 aromatic carbocycles. The van der Waals surface area contributed by atoms with Crippen molar-refractivity contribution in [2.75, 3.05) is 0 Å². The fraction of sp³-hybridized carbons (Fsp3) is 0.0800. The fourth-order valence-electron chi connectivity index (χ4n) is 4.19. The normalized spacial score (nSPS) is 17.2. The number of hydrogen-bond acceptors (Lipinski definition) is 3. The monoisotopic (exact) mass is 364 g/mol. The van der Waals surface area contributed by atoms with Gasteiger partial charge in [0.2, 0.25) is 0 Å². The molecule has 1 atom stereocenters. The van der Waals surface area contributed by atoms with Crippen LogP contribution < -0.4 is 0 Å². The van der Waals surface area contributed by atoms with E-state index < -0.39 is 0 Å². The van der Waals surface area contributed by atoms with Crippen molar-refractivity contribution in [1.82, 2.24) is 5.06 Å². The third kappa shape index (κ3) is 2.68. The summed E-state index contributed by atoms with van der Waals surface area (Å²) in [5.41, 5.74) is 3.17. The highest BCUT2D eigenvalue weighted by atomic mass is 16.5. The van der Waals surface area contributed by atoms with Gasteiger partial charge in [0.25, 0.3) is 0 Å². The van der Waals surface area contributed by atoms with Gasteiger partial charge in [-0.15, -0.1) is 0 Å². The van der Waals surface area contributed by atoms with E-state index in [1.165, 1.54) is 5.06 Å². The number of nitrogens with one attached hydrogen (secondary N) is 1. The molecule has 0 aromatic heterocycles. The van der Waals surface area contributed by atoms with E-state index in [0.29, 0.717) is 17.8 Å². The number of benzene rings is 4. The fourth-order valence-corrected chi connectivity index (χ4v) is 4.19. The number of fused-ring (bicyclic) bond motifs is 2. The van der Waals surface area contributed by atoms with Crippen LogP contribution >= 0.6 is 0 Å². The summed E-state index contributed by atoms with van der Waals surface area (Å²) < 4.78 is 0.